The number of amides is 2. The zero-order chi connectivity index (χ0) is 21.4. The second kappa shape index (κ2) is 9.68. The fourth-order valence-electron chi connectivity index (χ4n) is 2.26. The molecule has 0 bridgehead atoms. The predicted octanol–water partition coefficient (Wildman–Crippen LogP) is 0.942. The van der Waals surface area contributed by atoms with Crippen LogP contribution in [0.15, 0.2) is 53.4 Å². The van der Waals surface area contributed by atoms with Gasteiger partial charge in [0, 0.05) is 12.7 Å². The summed E-state index contributed by atoms with van der Waals surface area (Å²) in [4.78, 5) is 25.3. The predicted molar refractivity (Wildman–Crippen MR) is 106 cm³/mol. The average molecular weight is 416 g/mol. The van der Waals surface area contributed by atoms with E-state index >= 15 is 0 Å². The lowest BCUT2D eigenvalue weighted by Gasteiger charge is -2.17. The number of sulfonamides is 1. The number of likely N-dealkylation sites (N-methyl/N-ethyl adjacent to an activating group) is 1. The Bertz CT molecular complexity index is 1010. The van der Waals surface area contributed by atoms with E-state index in [1.165, 1.54) is 38.4 Å². The summed E-state index contributed by atoms with van der Waals surface area (Å²) in [7, 11) is -0.991. The normalized spacial score (nSPS) is 10.7. The Hall–Kier alpha value is -3.42. The van der Waals surface area contributed by atoms with Crippen LogP contribution in [-0.2, 0) is 19.6 Å². The van der Waals surface area contributed by atoms with E-state index < -0.39 is 28.4 Å². The van der Waals surface area contributed by atoms with E-state index in [9.17, 15) is 18.0 Å². The van der Waals surface area contributed by atoms with Crippen molar-refractivity contribution in [1.29, 1.82) is 5.26 Å². The summed E-state index contributed by atoms with van der Waals surface area (Å²) >= 11 is 0. The zero-order valence-electron chi connectivity index (χ0n) is 15.9. The molecule has 0 saturated carbocycles. The molecule has 2 rings (SSSR count). The van der Waals surface area contributed by atoms with Gasteiger partial charge in [0.2, 0.25) is 21.8 Å². The van der Waals surface area contributed by atoms with Gasteiger partial charge < -0.3 is 15.0 Å². The van der Waals surface area contributed by atoms with Gasteiger partial charge in [-0.25, -0.2) is 13.1 Å². The van der Waals surface area contributed by atoms with Gasteiger partial charge in [-0.15, -0.1) is 0 Å². The van der Waals surface area contributed by atoms with Gasteiger partial charge in [0.25, 0.3) is 0 Å². The highest BCUT2D eigenvalue weighted by Gasteiger charge is 2.18. The number of carbonyl (C=O) groups excluding carboxylic acids is 2. The summed E-state index contributed by atoms with van der Waals surface area (Å²) in [5.74, 6) is -0.363. The van der Waals surface area contributed by atoms with E-state index in [1.807, 2.05) is 6.07 Å². The Morgan fingerprint density at radius 1 is 1.10 bits per heavy atom. The van der Waals surface area contributed by atoms with Crippen LogP contribution >= 0.6 is 0 Å². The summed E-state index contributed by atoms with van der Waals surface area (Å²) in [5.41, 5.74) is 0.862. The Kier molecular flexibility index (Phi) is 7.30. The summed E-state index contributed by atoms with van der Waals surface area (Å²) in [6.07, 6.45) is 0. The lowest BCUT2D eigenvalue weighted by atomic mass is 10.2. The molecule has 0 aromatic heterocycles. The average Bonchev–Trinajstić information content (AvgIpc) is 2.72. The van der Waals surface area contributed by atoms with Crippen molar-refractivity contribution in [1.82, 2.24) is 9.62 Å². The number of nitrogens with zero attached hydrogens (tertiary/aromatic N) is 2. The van der Waals surface area contributed by atoms with E-state index in [1.54, 1.807) is 24.3 Å². The van der Waals surface area contributed by atoms with E-state index in [2.05, 4.69) is 10.0 Å². The third-order valence-corrected chi connectivity index (χ3v) is 5.30. The van der Waals surface area contributed by atoms with Crippen molar-refractivity contribution in [3.63, 3.8) is 0 Å². The first-order valence-corrected chi connectivity index (χ1v) is 9.91. The monoisotopic (exact) mass is 416 g/mol. The lowest BCUT2D eigenvalue weighted by molar-refractivity contribution is -0.132. The number of carbonyl (C=O) groups is 2. The van der Waals surface area contributed by atoms with E-state index in [0.29, 0.717) is 17.0 Å². The highest BCUT2D eigenvalue weighted by molar-refractivity contribution is 7.89. The van der Waals surface area contributed by atoms with Crippen LogP contribution in [0.5, 0.6) is 5.75 Å². The molecule has 152 valence electrons. The van der Waals surface area contributed by atoms with Gasteiger partial charge >= 0.3 is 0 Å². The van der Waals surface area contributed by atoms with Crippen LogP contribution < -0.4 is 14.8 Å². The lowest BCUT2D eigenvalue weighted by Crippen LogP contribution is -2.41. The molecular weight excluding hydrogens is 396 g/mol. The van der Waals surface area contributed by atoms with Crippen molar-refractivity contribution in [3.8, 4) is 11.8 Å². The quantitative estimate of drug-likeness (QED) is 0.659. The molecule has 2 N–H and O–H groups in total. The zero-order valence-corrected chi connectivity index (χ0v) is 16.7. The summed E-state index contributed by atoms with van der Waals surface area (Å²) in [6, 6.07) is 13.9. The highest BCUT2D eigenvalue weighted by Crippen LogP contribution is 2.15. The van der Waals surface area contributed by atoms with Gasteiger partial charge in [-0.05, 0) is 48.5 Å². The molecule has 0 heterocycles. The summed E-state index contributed by atoms with van der Waals surface area (Å²) in [5, 5.41) is 11.4. The fraction of sp³-hybridized carbons (Fsp3) is 0.211. The highest BCUT2D eigenvalue weighted by atomic mass is 32.2. The maximum Gasteiger partial charge on any atom is 0.243 e. The number of ether oxygens (including phenoxy) is 1. The molecule has 0 spiro atoms. The number of rotatable bonds is 8. The Balaban J connectivity index is 1.87. The second-order valence-corrected chi connectivity index (χ2v) is 7.75. The van der Waals surface area contributed by atoms with Gasteiger partial charge in [0.1, 0.15) is 5.75 Å². The Morgan fingerprint density at radius 3 is 2.28 bits per heavy atom. The molecule has 2 aromatic carbocycles. The van der Waals surface area contributed by atoms with Crippen LogP contribution in [0.1, 0.15) is 5.56 Å². The van der Waals surface area contributed by atoms with Gasteiger partial charge in [-0.3, -0.25) is 9.59 Å². The number of nitriles is 1. The summed E-state index contributed by atoms with van der Waals surface area (Å²) < 4.78 is 31.7. The molecule has 9 nitrogen and oxygen atoms in total. The Labute approximate surface area is 168 Å². The number of anilines is 1. The number of methoxy groups -OCH3 is 1. The smallest absolute Gasteiger partial charge is 0.243 e. The third kappa shape index (κ3) is 6.31. The maximum atomic E-state index is 12.2. The molecule has 0 radical (unpaired) electrons. The van der Waals surface area contributed by atoms with Gasteiger partial charge in [-0.2, -0.15) is 5.26 Å². The van der Waals surface area contributed by atoms with Crippen LogP contribution in [0, 0.1) is 11.3 Å². The molecule has 0 aliphatic rings. The molecular formula is C19H20N4O5S. The number of hydrogen-bond donors (Lipinski definition) is 2. The molecule has 0 aliphatic carbocycles. The minimum atomic E-state index is -3.92. The maximum absolute atomic E-state index is 12.2. The first-order chi connectivity index (χ1) is 13.7. The molecule has 0 aliphatic heterocycles. The molecule has 10 heteroatoms. The van der Waals surface area contributed by atoms with Gasteiger partial charge in [0.05, 0.1) is 36.7 Å². The van der Waals surface area contributed by atoms with Crippen molar-refractivity contribution in [2.75, 3.05) is 32.6 Å². The largest absolute Gasteiger partial charge is 0.497 e. The standard InChI is InChI=1S/C19H20N4O5S/c1-23(13-18(24)22-15-5-7-16(28-2)8-6-15)19(25)12-21-29(26,27)17-9-3-14(11-20)4-10-17/h3-10,21H,12-13H2,1-2H3,(H,22,24). The van der Waals surface area contributed by atoms with Crippen molar-refractivity contribution in [3.05, 3.63) is 54.1 Å². The molecule has 0 atom stereocenters. The molecule has 29 heavy (non-hydrogen) atoms. The number of hydrogen-bond acceptors (Lipinski definition) is 6. The molecule has 0 unspecified atom stereocenters. The van der Waals surface area contributed by atoms with Crippen molar-refractivity contribution in [2.24, 2.45) is 0 Å². The van der Waals surface area contributed by atoms with Crippen LogP contribution in [-0.4, -0.2) is 52.4 Å². The fourth-order valence-corrected chi connectivity index (χ4v) is 3.24. The first kappa shape index (κ1) is 21.9. The van der Waals surface area contributed by atoms with Crippen LogP contribution in [0.25, 0.3) is 0 Å². The van der Waals surface area contributed by atoms with Crippen molar-refractivity contribution in [2.45, 2.75) is 4.90 Å². The van der Waals surface area contributed by atoms with E-state index in [-0.39, 0.29) is 11.4 Å². The SMILES string of the molecule is COc1ccc(NC(=O)CN(C)C(=O)CNS(=O)(=O)c2ccc(C#N)cc2)cc1. The number of benzene rings is 2. The third-order valence-electron chi connectivity index (χ3n) is 3.89. The molecule has 0 saturated heterocycles. The van der Waals surface area contributed by atoms with Crippen LogP contribution in [0.2, 0.25) is 0 Å². The van der Waals surface area contributed by atoms with E-state index in [0.717, 1.165) is 4.90 Å². The second-order valence-electron chi connectivity index (χ2n) is 5.99. The van der Waals surface area contributed by atoms with Gasteiger partial charge in [-0.1, -0.05) is 0 Å². The first-order valence-electron chi connectivity index (χ1n) is 8.43. The molecule has 2 amide bonds. The minimum Gasteiger partial charge on any atom is -0.497 e. The number of nitrogens with one attached hydrogen (secondary N) is 2. The molecule has 2 aromatic rings. The minimum absolute atomic E-state index is 0.0656. The van der Waals surface area contributed by atoms with Crippen LogP contribution in [0.4, 0.5) is 5.69 Å². The van der Waals surface area contributed by atoms with Gasteiger partial charge in [0.15, 0.2) is 0 Å². The van der Waals surface area contributed by atoms with E-state index in [4.69, 9.17) is 10.00 Å². The topological polar surface area (TPSA) is 129 Å². The van der Waals surface area contributed by atoms with Crippen LogP contribution in [0.3, 0.4) is 0 Å². The van der Waals surface area contributed by atoms with Crippen molar-refractivity contribution >= 4 is 27.5 Å². The summed E-state index contributed by atoms with van der Waals surface area (Å²) in [6.45, 7) is -0.752. The molecule has 0 fully saturated rings. The Morgan fingerprint density at radius 2 is 1.72 bits per heavy atom. The van der Waals surface area contributed by atoms with Crippen molar-refractivity contribution < 1.29 is 22.7 Å².